The Hall–Kier alpha value is -4.33. The van der Waals surface area contributed by atoms with E-state index < -0.39 is 4.92 Å². The van der Waals surface area contributed by atoms with Crippen LogP contribution < -0.4 is 9.91 Å². The van der Waals surface area contributed by atoms with Crippen LogP contribution in [-0.4, -0.2) is 35.3 Å². The van der Waals surface area contributed by atoms with Crippen molar-refractivity contribution in [2.75, 3.05) is 23.0 Å². The molecule has 1 aliphatic heterocycles. The van der Waals surface area contributed by atoms with Crippen molar-refractivity contribution in [2.24, 2.45) is 10.1 Å². The second-order valence-corrected chi connectivity index (χ2v) is 7.81. The van der Waals surface area contributed by atoms with Gasteiger partial charge < -0.3 is 4.90 Å². The van der Waals surface area contributed by atoms with Gasteiger partial charge in [-0.25, -0.2) is 4.99 Å². The van der Waals surface area contributed by atoms with Crippen LogP contribution in [0.15, 0.2) is 82.9 Å². The standard InChI is InChI=1S/C26H25N5O3/c1-4-29(5-2)22-15-16-23(18(3)17-22)27-25-24(19-9-7-6-8-10-19)28-30(26(25)32)20-11-13-21(14-12-20)31(33)34/h6-17H,4-5H2,1-3H3. The van der Waals surface area contributed by atoms with Crippen molar-refractivity contribution in [3.05, 3.63) is 94.0 Å². The third-order valence-corrected chi connectivity index (χ3v) is 5.71. The number of non-ortho nitro benzene ring substituents is 1. The quantitative estimate of drug-likeness (QED) is 0.358. The van der Waals surface area contributed by atoms with E-state index in [-0.39, 0.29) is 17.3 Å². The summed E-state index contributed by atoms with van der Waals surface area (Å²) in [6.45, 7) is 7.99. The van der Waals surface area contributed by atoms with Crippen molar-refractivity contribution in [3.8, 4) is 0 Å². The first-order valence-corrected chi connectivity index (χ1v) is 11.1. The molecule has 0 spiro atoms. The number of hydrogen-bond donors (Lipinski definition) is 0. The Morgan fingerprint density at radius 1 is 1.00 bits per heavy atom. The van der Waals surface area contributed by atoms with Gasteiger partial charge in [-0.05, 0) is 56.7 Å². The van der Waals surface area contributed by atoms with Gasteiger partial charge in [-0.2, -0.15) is 10.1 Å². The number of nitro groups is 1. The summed E-state index contributed by atoms with van der Waals surface area (Å²) in [5, 5.41) is 16.8. The van der Waals surface area contributed by atoms with Crippen LogP contribution >= 0.6 is 0 Å². The minimum Gasteiger partial charge on any atom is -0.372 e. The van der Waals surface area contributed by atoms with E-state index in [0.29, 0.717) is 17.1 Å². The molecule has 0 unspecified atom stereocenters. The molecule has 0 N–H and O–H groups in total. The Kier molecular flexibility index (Phi) is 6.49. The lowest BCUT2D eigenvalue weighted by Gasteiger charge is -2.21. The van der Waals surface area contributed by atoms with E-state index in [1.54, 1.807) is 0 Å². The van der Waals surface area contributed by atoms with Gasteiger partial charge in [0.05, 0.1) is 16.3 Å². The van der Waals surface area contributed by atoms with Crippen molar-refractivity contribution in [1.82, 2.24) is 0 Å². The minimum absolute atomic E-state index is 0.0551. The average Bonchev–Trinajstić information content (AvgIpc) is 3.18. The summed E-state index contributed by atoms with van der Waals surface area (Å²) in [6.07, 6.45) is 0. The Labute approximate surface area is 198 Å². The third-order valence-electron chi connectivity index (χ3n) is 5.71. The van der Waals surface area contributed by atoms with Crippen LogP contribution in [0.2, 0.25) is 0 Å². The topological polar surface area (TPSA) is 91.4 Å². The number of benzene rings is 3. The zero-order valence-corrected chi connectivity index (χ0v) is 19.3. The summed E-state index contributed by atoms with van der Waals surface area (Å²) >= 11 is 0. The van der Waals surface area contributed by atoms with E-state index in [9.17, 15) is 14.9 Å². The molecular formula is C26H25N5O3. The van der Waals surface area contributed by atoms with Crippen molar-refractivity contribution in [1.29, 1.82) is 0 Å². The molecule has 3 aromatic rings. The van der Waals surface area contributed by atoms with E-state index in [0.717, 1.165) is 29.9 Å². The van der Waals surface area contributed by atoms with Crippen LogP contribution in [0, 0.1) is 17.0 Å². The molecule has 0 radical (unpaired) electrons. The SMILES string of the molecule is CCN(CC)c1ccc(N=C2C(=O)N(c3ccc([N+](=O)[O-])cc3)N=C2c2ccccc2)c(C)c1. The van der Waals surface area contributed by atoms with Crippen LogP contribution in [0.4, 0.5) is 22.7 Å². The van der Waals surface area contributed by atoms with Gasteiger partial charge in [0.25, 0.3) is 11.6 Å². The molecule has 4 rings (SSSR count). The number of hydrogen-bond acceptors (Lipinski definition) is 6. The number of aliphatic imine (C=N–C) groups is 1. The van der Waals surface area contributed by atoms with E-state index in [4.69, 9.17) is 4.99 Å². The molecule has 0 saturated heterocycles. The van der Waals surface area contributed by atoms with Gasteiger partial charge in [0.1, 0.15) is 5.71 Å². The molecule has 172 valence electrons. The number of nitro benzene ring substituents is 1. The molecule has 0 saturated carbocycles. The molecule has 1 aliphatic rings. The number of carbonyl (C=O) groups is 1. The van der Waals surface area contributed by atoms with Gasteiger partial charge in [0.15, 0.2) is 5.71 Å². The van der Waals surface area contributed by atoms with Gasteiger partial charge in [0, 0.05) is 36.5 Å². The first-order chi connectivity index (χ1) is 16.4. The van der Waals surface area contributed by atoms with Gasteiger partial charge in [-0.1, -0.05) is 30.3 Å². The smallest absolute Gasteiger partial charge is 0.299 e. The van der Waals surface area contributed by atoms with Crippen LogP contribution in [0.1, 0.15) is 25.0 Å². The molecule has 0 aromatic heterocycles. The summed E-state index contributed by atoms with van der Waals surface area (Å²) in [4.78, 5) is 30.9. The molecule has 8 nitrogen and oxygen atoms in total. The van der Waals surface area contributed by atoms with Crippen molar-refractivity contribution < 1.29 is 9.72 Å². The highest BCUT2D eigenvalue weighted by Crippen LogP contribution is 2.29. The largest absolute Gasteiger partial charge is 0.372 e. The lowest BCUT2D eigenvalue weighted by molar-refractivity contribution is -0.384. The van der Waals surface area contributed by atoms with Crippen LogP contribution in [0.25, 0.3) is 0 Å². The number of aryl methyl sites for hydroxylation is 1. The molecule has 34 heavy (non-hydrogen) atoms. The van der Waals surface area contributed by atoms with E-state index >= 15 is 0 Å². The molecule has 3 aromatic carbocycles. The van der Waals surface area contributed by atoms with Gasteiger partial charge in [-0.3, -0.25) is 14.9 Å². The molecule has 0 bridgehead atoms. The van der Waals surface area contributed by atoms with Crippen molar-refractivity contribution in [3.63, 3.8) is 0 Å². The number of hydrazone groups is 1. The number of amides is 1. The first-order valence-electron chi connectivity index (χ1n) is 11.1. The maximum atomic E-state index is 13.4. The van der Waals surface area contributed by atoms with Crippen molar-refractivity contribution in [2.45, 2.75) is 20.8 Å². The van der Waals surface area contributed by atoms with Gasteiger partial charge >= 0.3 is 0 Å². The Morgan fingerprint density at radius 3 is 2.26 bits per heavy atom. The Bertz CT molecular complexity index is 1280. The third kappa shape index (κ3) is 4.43. The number of nitrogens with zero attached hydrogens (tertiary/aromatic N) is 5. The molecule has 0 fully saturated rings. The van der Waals surface area contributed by atoms with Gasteiger partial charge in [-0.15, -0.1) is 0 Å². The lowest BCUT2D eigenvalue weighted by Crippen LogP contribution is -2.27. The lowest BCUT2D eigenvalue weighted by atomic mass is 10.1. The predicted molar refractivity (Wildman–Crippen MR) is 135 cm³/mol. The Balaban J connectivity index is 1.76. The van der Waals surface area contributed by atoms with E-state index in [1.807, 2.05) is 49.4 Å². The fraction of sp³-hybridized carbons (Fsp3) is 0.192. The highest BCUT2D eigenvalue weighted by molar-refractivity contribution is 6.74. The summed E-state index contributed by atoms with van der Waals surface area (Å²) in [7, 11) is 0. The molecule has 1 amide bonds. The zero-order valence-electron chi connectivity index (χ0n) is 19.3. The monoisotopic (exact) mass is 455 g/mol. The summed E-state index contributed by atoms with van der Waals surface area (Å²) in [5.74, 6) is -0.389. The second kappa shape index (κ2) is 9.66. The average molecular weight is 456 g/mol. The molecular weight excluding hydrogens is 430 g/mol. The Morgan fingerprint density at radius 2 is 1.68 bits per heavy atom. The first kappa shape index (κ1) is 22.8. The normalized spacial score (nSPS) is 14.4. The number of rotatable bonds is 7. The zero-order chi connectivity index (χ0) is 24.2. The maximum Gasteiger partial charge on any atom is 0.299 e. The van der Waals surface area contributed by atoms with E-state index in [2.05, 4.69) is 29.9 Å². The van der Waals surface area contributed by atoms with Crippen molar-refractivity contribution >= 4 is 40.1 Å². The van der Waals surface area contributed by atoms with Crippen LogP contribution in [-0.2, 0) is 4.79 Å². The minimum atomic E-state index is -0.480. The summed E-state index contributed by atoms with van der Waals surface area (Å²) in [5.41, 5.74) is 4.56. The van der Waals surface area contributed by atoms with Gasteiger partial charge in [0.2, 0.25) is 0 Å². The molecule has 1 heterocycles. The van der Waals surface area contributed by atoms with Crippen LogP contribution in [0.5, 0.6) is 0 Å². The number of anilines is 2. The summed E-state index contributed by atoms with van der Waals surface area (Å²) in [6, 6.07) is 21.1. The number of carbonyl (C=O) groups excluding carboxylic acids is 1. The maximum absolute atomic E-state index is 13.4. The highest BCUT2D eigenvalue weighted by Gasteiger charge is 2.34. The molecule has 0 atom stereocenters. The molecule has 8 heteroatoms. The second-order valence-electron chi connectivity index (χ2n) is 7.81. The van der Waals surface area contributed by atoms with E-state index in [1.165, 1.54) is 29.3 Å². The summed E-state index contributed by atoms with van der Waals surface area (Å²) < 4.78 is 0. The van der Waals surface area contributed by atoms with Crippen LogP contribution in [0.3, 0.4) is 0 Å². The predicted octanol–water partition coefficient (Wildman–Crippen LogP) is 5.27. The fourth-order valence-electron chi connectivity index (χ4n) is 3.85. The fourth-order valence-corrected chi connectivity index (χ4v) is 3.85. The highest BCUT2D eigenvalue weighted by atomic mass is 16.6. The molecule has 0 aliphatic carbocycles.